The van der Waals surface area contributed by atoms with Crippen molar-refractivity contribution in [2.24, 2.45) is 5.92 Å². The van der Waals surface area contributed by atoms with Crippen molar-refractivity contribution in [3.63, 3.8) is 0 Å². The van der Waals surface area contributed by atoms with Crippen LogP contribution in [0.25, 0.3) is 5.57 Å². The normalized spacial score (nSPS) is 20.6. The summed E-state index contributed by atoms with van der Waals surface area (Å²) in [5.74, 6) is 1.56. The van der Waals surface area contributed by atoms with E-state index in [1.54, 1.807) is 6.08 Å². The van der Waals surface area contributed by atoms with E-state index in [1.165, 1.54) is 5.56 Å². The van der Waals surface area contributed by atoms with E-state index in [0.29, 0.717) is 23.7 Å². The van der Waals surface area contributed by atoms with Crippen LogP contribution in [0, 0.1) is 5.92 Å². The largest absolute Gasteiger partial charge is 0.507 e. The summed E-state index contributed by atoms with van der Waals surface area (Å²) in [5.41, 5.74) is 3.76. The number of hydrogen-bond donors (Lipinski definition) is 1. The summed E-state index contributed by atoms with van der Waals surface area (Å²) in [5, 5.41) is 10.9. The van der Waals surface area contributed by atoms with Crippen molar-refractivity contribution in [1.82, 2.24) is 0 Å². The second kappa shape index (κ2) is 8.29. The fourth-order valence-corrected chi connectivity index (χ4v) is 4.98. The molecule has 1 heterocycles. The third-order valence-corrected chi connectivity index (χ3v) is 6.74. The Hall–Kier alpha value is -2.55. The van der Waals surface area contributed by atoms with Crippen LogP contribution in [-0.2, 0) is 11.2 Å². The molecule has 2 aromatic carbocycles. The monoisotopic (exact) mass is 404 g/mol. The van der Waals surface area contributed by atoms with Crippen LogP contribution >= 0.6 is 0 Å². The molecule has 0 spiro atoms. The third-order valence-electron chi connectivity index (χ3n) is 6.74. The summed E-state index contributed by atoms with van der Waals surface area (Å²) >= 11 is 0. The fourth-order valence-electron chi connectivity index (χ4n) is 4.98. The topological polar surface area (TPSA) is 46.5 Å². The number of phenolic OH excluding ortho intramolecular Hbond substituents is 1. The number of carbonyl (C=O) groups is 1. The number of phenols is 1. The molecule has 0 saturated heterocycles. The van der Waals surface area contributed by atoms with E-state index in [0.717, 1.165) is 43.2 Å². The number of rotatable bonds is 6. The van der Waals surface area contributed by atoms with Crippen LogP contribution < -0.4 is 4.74 Å². The number of hydrogen-bond acceptors (Lipinski definition) is 3. The first-order valence-electron chi connectivity index (χ1n) is 11.2. The Morgan fingerprint density at radius 3 is 2.70 bits per heavy atom. The number of ether oxygens (including phenoxy) is 1. The summed E-state index contributed by atoms with van der Waals surface area (Å²) < 4.78 is 6.37. The number of unbranched alkanes of at least 4 members (excludes halogenated alkanes) is 1. The Balaban J connectivity index is 1.50. The first kappa shape index (κ1) is 20.7. The number of benzene rings is 2. The van der Waals surface area contributed by atoms with E-state index < -0.39 is 0 Å². The highest BCUT2D eigenvalue weighted by Gasteiger charge is 2.43. The lowest BCUT2D eigenvalue weighted by molar-refractivity contribution is -0.115. The van der Waals surface area contributed by atoms with Crippen LogP contribution in [0.5, 0.6) is 11.5 Å². The zero-order chi connectivity index (χ0) is 21.3. The predicted molar refractivity (Wildman–Crippen MR) is 121 cm³/mol. The lowest BCUT2D eigenvalue weighted by Gasteiger charge is -2.43. The molecule has 3 nitrogen and oxygen atoms in total. The van der Waals surface area contributed by atoms with Crippen molar-refractivity contribution in [1.29, 1.82) is 0 Å². The number of fused-ring (bicyclic) bond motifs is 3. The van der Waals surface area contributed by atoms with Gasteiger partial charge in [-0.15, -0.1) is 0 Å². The molecule has 2 unspecified atom stereocenters. The summed E-state index contributed by atoms with van der Waals surface area (Å²) in [6, 6.07) is 14.6. The van der Waals surface area contributed by atoms with Gasteiger partial charge >= 0.3 is 0 Å². The molecule has 30 heavy (non-hydrogen) atoms. The van der Waals surface area contributed by atoms with Crippen molar-refractivity contribution in [2.45, 2.75) is 70.8 Å². The number of allylic oxidation sites excluding steroid dienone is 1. The van der Waals surface area contributed by atoms with Gasteiger partial charge in [0.1, 0.15) is 17.1 Å². The minimum atomic E-state index is -0.385. The highest BCUT2D eigenvalue weighted by molar-refractivity contribution is 6.01. The highest BCUT2D eigenvalue weighted by Crippen LogP contribution is 2.52. The van der Waals surface area contributed by atoms with Crippen molar-refractivity contribution >= 4 is 11.4 Å². The van der Waals surface area contributed by atoms with Crippen molar-refractivity contribution in [2.75, 3.05) is 0 Å². The molecule has 4 rings (SSSR count). The fraction of sp³-hybridized carbons (Fsp3) is 0.444. The van der Waals surface area contributed by atoms with Gasteiger partial charge in [0, 0.05) is 12.3 Å². The van der Waals surface area contributed by atoms with E-state index in [9.17, 15) is 9.90 Å². The maximum atomic E-state index is 12.1. The van der Waals surface area contributed by atoms with Gasteiger partial charge in [-0.3, -0.25) is 4.79 Å². The van der Waals surface area contributed by atoms with Crippen molar-refractivity contribution in [3.05, 3.63) is 65.2 Å². The molecule has 2 aromatic rings. The van der Waals surface area contributed by atoms with Crippen LogP contribution in [0.15, 0.2) is 48.5 Å². The molecule has 1 aliphatic heterocycles. The molecule has 0 aromatic heterocycles. The smallest absolute Gasteiger partial charge is 0.156 e. The van der Waals surface area contributed by atoms with Crippen LogP contribution in [0.3, 0.4) is 0 Å². The Morgan fingerprint density at radius 1 is 1.17 bits per heavy atom. The standard InChI is InChI=1S/C27H32O3/c1-18(9-7-8-12-19-10-5-4-6-11-19)20-15-24(29)26-22-17-21(28)13-14-23(22)27(2,3)30-25(26)16-20/h4-6,10-11,15-18,23,29H,7-9,12-14H2,1-3H3. The number of aromatic hydroxyl groups is 1. The van der Waals surface area contributed by atoms with Gasteiger partial charge in [-0.05, 0) is 80.4 Å². The zero-order valence-electron chi connectivity index (χ0n) is 18.3. The zero-order valence-corrected chi connectivity index (χ0v) is 18.3. The SMILES string of the molecule is CC(CCCCc1ccccc1)c1cc(O)c2c(c1)OC(C)(C)C1CCC(=O)C=C21. The minimum Gasteiger partial charge on any atom is -0.507 e. The molecule has 3 heteroatoms. The van der Waals surface area contributed by atoms with Gasteiger partial charge in [0.2, 0.25) is 0 Å². The Labute approximate surface area is 179 Å². The van der Waals surface area contributed by atoms with Gasteiger partial charge in [0.05, 0.1) is 5.56 Å². The molecule has 0 amide bonds. The van der Waals surface area contributed by atoms with Crippen LogP contribution in [0.4, 0.5) is 0 Å². The first-order chi connectivity index (χ1) is 14.3. The average Bonchev–Trinajstić information content (AvgIpc) is 2.70. The summed E-state index contributed by atoms with van der Waals surface area (Å²) in [6.07, 6.45) is 7.52. The van der Waals surface area contributed by atoms with Gasteiger partial charge in [-0.2, -0.15) is 0 Å². The molecule has 2 atom stereocenters. The Morgan fingerprint density at radius 2 is 1.93 bits per heavy atom. The Bertz CT molecular complexity index is 956. The molecule has 1 N–H and O–H groups in total. The van der Waals surface area contributed by atoms with Crippen molar-refractivity contribution in [3.8, 4) is 11.5 Å². The highest BCUT2D eigenvalue weighted by atomic mass is 16.5. The molecule has 0 radical (unpaired) electrons. The van der Waals surface area contributed by atoms with E-state index in [-0.39, 0.29) is 23.1 Å². The van der Waals surface area contributed by atoms with E-state index in [1.807, 2.05) is 6.07 Å². The third kappa shape index (κ3) is 4.16. The predicted octanol–water partition coefficient (Wildman–Crippen LogP) is 6.44. The second-order valence-corrected chi connectivity index (χ2v) is 9.41. The lowest BCUT2D eigenvalue weighted by Crippen LogP contribution is -2.43. The quantitative estimate of drug-likeness (QED) is 0.563. The maximum Gasteiger partial charge on any atom is 0.156 e. The van der Waals surface area contributed by atoms with Gasteiger partial charge in [-0.25, -0.2) is 0 Å². The summed E-state index contributed by atoms with van der Waals surface area (Å²) in [4.78, 5) is 12.1. The average molecular weight is 405 g/mol. The number of carbonyl (C=O) groups excluding carboxylic acids is 1. The van der Waals surface area contributed by atoms with E-state index in [2.05, 4.69) is 57.2 Å². The van der Waals surface area contributed by atoms with Crippen LogP contribution in [-0.4, -0.2) is 16.5 Å². The van der Waals surface area contributed by atoms with Crippen LogP contribution in [0.2, 0.25) is 0 Å². The maximum absolute atomic E-state index is 12.1. The molecular formula is C27H32O3. The summed E-state index contributed by atoms with van der Waals surface area (Å²) in [6.45, 7) is 6.38. The molecular weight excluding hydrogens is 372 g/mol. The number of ketones is 1. The molecule has 0 bridgehead atoms. The van der Waals surface area contributed by atoms with Crippen LogP contribution in [0.1, 0.15) is 75.5 Å². The number of aryl methyl sites for hydroxylation is 1. The molecule has 2 aliphatic rings. The summed E-state index contributed by atoms with van der Waals surface area (Å²) in [7, 11) is 0. The van der Waals surface area contributed by atoms with Gasteiger partial charge in [0.25, 0.3) is 0 Å². The molecule has 1 aliphatic carbocycles. The van der Waals surface area contributed by atoms with Gasteiger partial charge < -0.3 is 9.84 Å². The van der Waals surface area contributed by atoms with Gasteiger partial charge in [-0.1, -0.05) is 43.7 Å². The minimum absolute atomic E-state index is 0.134. The van der Waals surface area contributed by atoms with E-state index in [4.69, 9.17) is 4.74 Å². The first-order valence-corrected chi connectivity index (χ1v) is 11.2. The van der Waals surface area contributed by atoms with Crippen molar-refractivity contribution < 1.29 is 14.6 Å². The second-order valence-electron chi connectivity index (χ2n) is 9.41. The molecule has 0 fully saturated rings. The lowest BCUT2D eigenvalue weighted by atomic mass is 9.72. The van der Waals surface area contributed by atoms with E-state index >= 15 is 0 Å². The molecule has 158 valence electrons. The molecule has 0 saturated carbocycles. The Kier molecular flexibility index (Phi) is 5.73. The van der Waals surface area contributed by atoms with Gasteiger partial charge in [0.15, 0.2) is 5.78 Å².